The van der Waals surface area contributed by atoms with Gasteiger partial charge in [-0.15, -0.1) is 0 Å². The highest BCUT2D eigenvalue weighted by Gasteiger charge is 2.30. The van der Waals surface area contributed by atoms with Crippen LogP contribution in [0, 0.1) is 6.92 Å². The molecule has 9 heteroatoms. The second kappa shape index (κ2) is 7.90. The number of carbonyl (C=O) groups is 1. The number of imidazole rings is 1. The van der Waals surface area contributed by atoms with Crippen LogP contribution in [0.5, 0.6) is 0 Å². The Morgan fingerprint density at radius 1 is 1.16 bits per heavy atom. The number of nitrogens with zero attached hydrogens (tertiary/aromatic N) is 3. The largest absolute Gasteiger partial charge is 0.481 e. The van der Waals surface area contributed by atoms with Crippen LogP contribution in [-0.2, 0) is 23.9 Å². The van der Waals surface area contributed by atoms with Gasteiger partial charge in [0.05, 0.1) is 35.2 Å². The monoisotopic (exact) mass is 429 g/mol. The number of oxazole rings is 1. The van der Waals surface area contributed by atoms with Crippen molar-refractivity contribution in [2.75, 3.05) is 0 Å². The van der Waals surface area contributed by atoms with Crippen molar-refractivity contribution in [1.29, 1.82) is 0 Å². The molecule has 0 saturated heterocycles. The summed E-state index contributed by atoms with van der Waals surface area (Å²) in [5, 5.41) is 9.00. The SMILES string of the molecule is Cc1nc(-c2ccc(C(F)(F)F)cc2)oc1Cn1cnc2cccc(CCC(=O)O)c21. The number of hydrogen-bond acceptors (Lipinski definition) is 4. The van der Waals surface area contributed by atoms with E-state index >= 15 is 0 Å². The highest BCUT2D eigenvalue weighted by Crippen LogP contribution is 2.31. The summed E-state index contributed by atoms with van der Waals surface area (Å²) in [6.07, 6.45) is -2.39. The first-order valence-electron chi connectivity index (χ1n) is 9.51. The topological polar surface area (TPSA) is 81.2 Å². The third kappa shape index (κ3) is 4.30. The molecule has 0 unspecified atom stereocenters. The molecule has 0 aliphatic heterocycles. The van der Waals surface area contributed by atoms with Gasteiger partial charge in [-0.1, -0.05) is 12.1 Å². The first kappa shape index (κ1) is 20.6. The number of carboxylic acids is 1. The molecule has 31 heavy (non-hydrogen) atoms. The molecule has 2 aromatic carbocycles. The van der Waals surface area contributed by atoms with E-state index in [1.807, 2.05) is 22.8 Å². The molecule has 0 radical (unpaired) electrons. The van der Waals surface area contributed by atoms with Crippen LogP contribution in [0.2, 0.25) is 0 Å². The molecule has 4 aromatic rings. The Balaban J connectivity index is 1.63. The molecule has 0 atom stereocenters. The lowest BCUT2D eigenvalue weighted by Crippen LogP contribution is -2.03. The van der Waals surface area contributed by atoms with Gasteiger partial charge in [-0.3, -0.25) is 4.79 Å². The summed E-state index contributed by atoms with van der Waals surface area (Å²) in [7, 11) is 0. The summed E-state index contributed by atoms with van der Waals surface area (Å²) in [6.45, 7) is 2.07. The quantitative estimate of drug-likeness (QED) is 0.462. The number of carboxylic acid groups (broad SMARTS) is 1. The second-order valence-electron chi connectivity index (χ2n) is 7.15. The fraction of sp³-hybridized carbons (Fsp3) is 0.227. The molecule has 2 heterocycles. The van der Waals surface area contributed by atoms with Gasteiger partial charge in [0, 0.05) is 12.0 Å². The van der Waals surface area contributed by atoms with E-state index in [4.69, 9.17) is 9.52 Å². The Morgan fingerprint density at radius 3 is 2.58 bits per heavy atom. The maximum Gasteiger partial charge on any atom is 0.416 e. The molecule has 0 aliphatic carbocycles. The average molecular weight is 429 g/mol. The average Bonchev–Trinajstić information content (AvgIpc) is 3.30. The van der Waals surface area contributed by atoms with Gasteiger partial charge in [-0.05, 0) is 49.2 Å². The zero-order valence-electron chi connectivity index (χ0n) is 16.5. The van der Waals surface area contributed by atoms with Gasteiger partial charge in [-0.25, -0.2) is 9.97 Å². The molecule has 0 bridgehead atoms. The van der Waals surface area contributed by atoms with Crippen LogP contribution >= 0.6 is 0 Å². The molecule has 0 amide bonds. The third-order valence-corrected chi connectivity index (χ3v) is 5.00. The van der Waals surface area contributed by atoms with E-state index < -0.39 is 17.7 Å². The van der Waals surface area contributed by atoms with Crippen molar-refractivity contribution in [3.05, 3.63) is 71.4 Å². The van der Waals surface area contributed by atoms with Crippen molar-refractivity contribution in [2.24, 2.45) is 0 Å². The molecule has 0 saturated carbocycles. The third-order valence-electron chi connectivity index (χ3n) is 5.00. The minimum atomic E-state index is -4.41. The minimum absolute atomic E-state index is 0.00367. The molecular weight excluding hydrogens is 411 g/mol. The van der Waals surface area contributed by atoms with Crippen LogP contribution in [0.25, 0.3) is 22.5 Å². The maximum atomic E-state index is 12.8. The van der Waals surface area contributed by atoms with E-state index in [1.165, 1.54) is 12.1 Å². The Hall–Kier alpha value is -3.62. The predicted molar refractivity (Wildman–Crippen MR) is 106 cm³/mol. The summed E-state index contributed by atoms with van der Waals surface area (Å²) in [4.78, 5) is 19.7. The zero-order valence-corrected chi connectivity index (χ0v) is 16.5. The number of halogens is 3. The van der Waals surface area contributed by atoms with Crippen molar-refractivity contribution < 1.29 is 27.5 Å². The molecule has 6 nitrogen and oxygen atoms in total. The number of aliphatic carboxylic acids is 1. The van der Waals surface area contributed by atoms with Crippen LogP contribution in [0.15, 0.2) is 53.2 Å². The van der Waals surface area contributed by atoms with Gasteiger partial charge >= 0.3 is 12.1 Å². The molecule has 1 N–H and O–H groups in total. The fourth-order valence-corrected chi connectivity index (χ4v) is 3.42. The van der Waals surface area contributed by atoms with E-state index in [-0.39, 0.29) is 12.3 Å². The second-order valence-corrected chi connectivity index (χ2v) is 7.15. The Morgan fingerprint density at radius 2 is 1.90 bits per heavy atom. The smallest absolute Gasteiger partial charge is 0.416 e. The van der Waals surface area contributed by atoms with Crippen molar-refractivity contribution in [3.63, 3.8) is 0 Å². The van der Waals surface area contributed by atoms with Crippen LogP contribution in [0.1, 0.15) is 29.0 Å². The number of benzene rings is 2. The van der Waals surface area contributed by atoms with Crippen molar-refractivity contribution in [2.45, 2.75) is 32.5 Å². The normalized spacial score (nSPS) is 11.9. The van der Waals surface area contributed by atoms with E-state index in [2.05, 4.69) is 9.97 Å². The van der Waals surface area contributed by atoms with Crippen LogP contribution < -0.4 is 0 Å². The molecule has 0 aliphatic rings. The van der Waals surface area contributed by atoms with Gasteiger partial charge in [-0.2, -0.15) is 13.2 Å². The van der Waals surface area contributed by atoms with Crippen LogP contribution in [-0.4, -0.2) is 25.6 Å². The van der Waals surface area contributed by atoms with E-state index in [1.54, 1.807) is 13.3 Å². The lowest BCUT2D eigenvalue weighted by Gasteiger charge is -2.07. The van der Waals surface area contributed by atoms with Crippen LogP contribution in [0.4, 0.5) is 13.2 Å². The molecular formula is C22H18F3N3O3. The van der Waals surface area contributed by atoms with Crippen molar-refractivity contribution >= 4 is 17.0 Å². The number of aromatic nitrogens is 3. The van der Waals surface area contributed by atoms with Crippen LogP contribution in [0.3, 0.4) is 0 Å². The standard InChI is InChI=1S/C22H18F3N3O3/c1-13-18(31-21(27-13)15-5-8-16(9-6-15)22(23,24)25)11-28-12-26-17-4-2-3-14(20(17)28)7-10-19(29)30/h2-6,8-9,12H,7,10-11H2,1H3,(H,29,30). The summed E-state index contributed by atoms with van der Waals surface area (Å²) < 4.78 is 46.1. The van der Waals surface area contributed by atoms with Gasteiger partial charge in [0.2, 0.25) is 5.89 Å². The Kier molecular flexibility index (Phi) is 5.26. The fourth-order valence-electron chi connectivity index (χ4n) is 3.42. The summed E-state index contributed by atoms with van der Waals surface area (Å²) in [5.74, 6) is -0.102. The van der Waals surface area contributed by atoms with E-state index in [0.29, 0.717) is 30.0 Å². The van der Waals surface area contributed by atoms with Crippen molar-refractivity contribution in [3.8, 4) is 11.5 Å². The molecule has 0 fully saturated rings. The van der Waals surface area contributed by atoms with E-state index in [0.717, 1.165) is 28.7 Å². The number of fused-ring (bicyclic) bond motifs is 1. The molecule has 160 valence electrons. The molecule has 4 rings (SSSR count). The van der Waals surface area contributed by atoms with Gasteiger partial charge in [0.25, 0.3) is 0 Å². The summed E-state index contributed by atoms with van der Waals surface area (Å²) >= 11 is 0. The van der Waals surface area contributed by atoms with Gasteiger partial charge < -0.3 is 14.1 Å². The van der Waals surface area contributed by atoms with Gasteiger partial charge in [0.1, 0.15) is 5.76 Å². The zero-order chi connectivity index (χ0) is 22.2. The number of para-hydroxylation sites is 1. The molecule has 0 spiro atoms. The Labute approximate surface area is 175 Å². The number of aryl methyl sites for hydroxylation is 2. The highest BCUT2D eigenvalue weighted by atomic mass is 19.4. The van der Waals surface area contributed by atoms with Crippen molar-refractivity contribution in [1.82, 2.24) is 14.5 Å². The lowest BCUT2D eigenvalue weighted by molar-refractivity contribution is -0.138. The number of hydrogen-bond donors (Lipinski definition) is 1. The number of alkyl halides is 3. The lowest BCUT2D eigenvalue weighted by atomic mass is 10.1. The van der Waals surface area contributed by atoms with E-state index in [9.17, 15) is 18.0 Å². The highest BCUT2D eigenvalue weighted by molar-refractivity contribution is 5.80. The predicted octanol–water partition coefficient (Wildman–Crippen LogP) is 5.08. The summed E-state index contributed by atoms with van der Waals surface area (Å²) in [5.41, 5.74) is 2.73. The number of rotatable bonds is 6. The summed E-state index contributed by atoms with van der Waals surface area (Å²) in [6, 6.07) is 10.2. The first-order valence-corrected chi connectivity index (χ1v) is 9.51. The maximum absolute atomic E-state index is 12.8. The minimum Gasteiger partial charge on any atom is -0.481 e. The first-order chi connectivity index (χ1) is 14.7. The molecule has 2 aromatic heterocycles. The van der Waals surface area contributed by atoms with Gasteiger partial charge in [0.15, 0.2) is 0 Å². The Bertz CT molecular complexity index is 1240.